The molecule has 2 N–H and O–H groups in total. The third kappa shape index (κ3) is 6.06. The lowest BCUT2D eigenvalue weighted by molar-refractivity contribution is 0.214. The van der Waals surface area contributed by atoms with Gasteiger partial charge in [0.1, 0.15) is 5.75 Å². The monoisotopic (exact) mass is 250 g/mol. The van der Waals surface area contributed by atoms with Crippen molar-refractivity contribution in [3.8, 4) is 5.75 Å². The average molecular weight is 250 g/mol. The van der Waals surface area contributed by atoms with Crippen LogP contribution in [0.3, 0.4) is 0 Å². The highest BCUT2D eigenvalue weighted by atomic mass is 16.3. The number of aromatic hydroxyl groups is 1. The summed E-state index contributed by atoms with van der Waals surface area (Å²) in [5, 5.41) is 18.6. The molecule has 1 atom stereocenters. The van der Waals surface area contributed by atoms with Crippen LogP contribution in [0.2, 0.25) is 0 Å². The zero-order valence-corrected chi connectivity index (χ0v) is 11.4. The molecular formula is C16H26O2. The van der Waals surface area contributed by atoms with Gasteiger partial charge < -0.3 is 10.2 Å². The van der Waals surface area contributed by atoms with E-state index in [0.717, 1.165) is 12.8 Å². The van der Waals surface area contributed by atoms with E-state index in [4.69, 9.17) is 0 Å². The smallest absolute Gasteiger partial charge is 0.115 e. The number of hydrogen-bond donors (Lipinski definition) is 2. The molecule has 102 valence electrons. The largest absolute Gasteiger partial charge is 0.508 e. The van der Waals surface area contributed by atoms with Crippen molar-refractivity contribution < 1.29 is 10.2 Å². The Bertz CT molecular complexity index is 305. The van der Waals surface area contributed by atoms with Gasteiger partial charge in [-0.2, -0.15) is 0 Å². The maximum absolute atomic E-state index is 9.40. The molecule has 0 saturated carbocycles. The molecule has 0 radical (unpaired) electrons. The second kappa shape index (κ2) is 8.98. The van der Waals surface area contributed by atoms with E-state index in [9.17, 15) is 10.2 Å². The third-order valence-corrected chi connectivity index (χ3v) is 3.43. The SMILES string of the molecule is CCCCCCCC(CO)Cc1ccc(O)cc1. The Morgan fingerprint density at radius 2 is 1.67 bits per heavy atom. The normalized spacial score (nSPS) is 12.6. The van der Waals surface area contributed by atoms with E-state index in [1.165, 1.54) is 37.7 Å². The first kappa shape index (κ1) is 15.0. The van der Waals surface area contributed by atoms with E-state index < -0.39 is 0 Å². The molecule has 0 saturated heterocycles. The van der Waals surface area contributed by atoms with Gasteiger partial charge in [0.15, 0.2) is 0 Å². The maximum atomic E-state index is 9.40. The van der Waals surface area contributed by atoms with Crippen molar-refractivity contribution in [3.63, 3.8) is 0 Å². The summed E-state index contributed by atoms with van der Waals surface area (Å²) < 4.78 is 0. The van der Waals surface area contributed by atoms with Crippen LogP contribution in [0.15, 0.2) is 24.3 Å². The molecule has 0 aromatic heterocycles. The molecule has 0 bridgehead atoms. The van der Waals surface area contributed by atoms with Crippen LogP contribution >= 0.6 is 0 Å². The molecule has 0 aliphatic heterocycles. The van der Waals surface area contributed by atoms with E-state index in [2.05, 4.69) is 6.92 Å². The van der Waals surface area contributed by atoms with Crippen LogP contribution in [-0.2, 0) is 6.42 Å². The summed E-state index contributed by atoms with van der Waals surface area (Å²) in [7, 11) is 0. The quantitative estimate of drug-likeness (QED) is 0.652. The van der Waals surface area contributed by atoms with Crippen molar-refractivity contribution >= 4 is 0 Å². The van der Waals surface area contributed by atoms with Gasteiger partial charge in [0.2, 0.25) is 0 Å². The third-order valence-electron chi connectivity index (χ3n) is 3.43. The standard InChI is InChI=1S/C16H26O2/c1-2-3-4-5-6-7-15(13-17)12-14-8-10-16(18)11-9-14/h8-11,15,17-18H,2-7,12-13H2,1H3. The van der Waals surface area contributed by atoms with Gasteiger partial charge in [0.25, 0.3) is 0 Å². The fraction of sp³-hybridized carbons (Fsp3) is 0.625. The molecular weight excluding hydrogens is 224 g/mol. The predicted molar refractivity (Wildman–Crippen MR) is 75.8 cm³/mol. The Balaban J connectivity index is 2.26. The summed E-state index contributed by atoms with van der Waals surface area (Å²) in [5.74, 6) is 0.662. The molecule has 0 spiro atoms. The lowest BCUT2D eigenvalue weighted by atomic mass is 9.94. The summed E-state index contributed by atoms with van der Waals surface area (Å²) in [6.45, 7) is 2.48. The first-order valence-electron chi connectivity index (χ1n) is 7.15. The zero-order chi connectivity index (χ0) is 13.2. The highest BCUT2D eigenvalue weighted by molar-refractivity contribution is 5.26. The highest BCUT2D eigenvalue weighted by Crippen LogP contribution is 2.18. The van der Waals surface area contributed by atoms with E-state index in [1.54, 1.807) is 12.1 Å². The minimum absolute atomic E-state index is 0.259. The lowest BCUT2D eigenvalue weighted by Gasteiger charge is -2.14. The van der Waals surface area contributed by atoms with Gasteiger partial charge in [-0.3, -0.25) is 0 Å². The number of aliphatic hydroxyl groups excluding tert-OH is 1. The molecule has 0 aliphatic carbocycles. The number of phenols is 1. The minimum atomic E-state index is 0.259. The fourth-order valence-electron chi connectivity index (χ4n) is 2.26. The summed E-state index contributed by atoms with van der Waals surface area (Å²) in [6, 6.07) is 7.31. The Kier molecular flexibility index (Phi) is 7.51. The van der Waals surface area contributed by atoms with Crippen molar-refractivity contribution in [1.82, 2.24) is 0 Å². The van der Waals surface area contributed by atoms with Crippen molar-refractivity contribution in [2.24, 2.45) is 5.92 Å². The number of hydrogen-bond acceptors (Lipinski definition) is 2. The van der Waals surface area contributed by atoms with E-state index >= 15 is 0 Å². The van der Waals surface area contributed by atoms with Gasteiger partial charge in [-0.05, 0) is 36.5 Å². The van der Waals surface area contributed by atoms with Crippen LogP contribution in [0.1, 0.15) is 51.0 Å². The molecule has 0 aliphatic rings. The zero-order valence-electron chi connectivity index (χ0n) is 11.4. The highest BCUT2D eigenvalue weighted by Gasteiger charge is 2.08. The molecule has 2 heteroatoms. The van der Waals surface area contributed by atoms with Gasteiger partial charge in [-0.25, -0.2) is 0 Å². The van der Waals surface area contributed by atoms with Crippen LogP contribution in [0.25, 0.3) is 0 Å². The number of aliphatic hydroxyl groups is 1. The van der Waals surface area contributed by atoms with Crippen molar-refractivity contribution in [1.29, 1.82) is 0 Å². The molecule has 0 fully saturated rings. The molecule has 0 heterocycles. The van der Waals surface area contributed by atoms with Gasteiger partial charge in [-0.1, -0.05) is 51.2 Å². The molecule has 1 aromatic carbocycles. The lowest BCUT2D eigenvalue weighted by Crippen LogP contribution is -2.09. The summed E-state index contributed by atoms with van der Waals surface area (Å²) in [5.41, 5.74) is 1.19. The summed E-state index contributed by atoms with van der Waals surface area (Å²) in [6.07, 6.45) is 8.40. The van der Waals surface area contributed by atoms with E-state index in [0.29, 0.717) is 11.7 Å². The average Bonchev–Trinajstić information content (AvgIpc) is 2.39. The van der Waals surface area contributed by atoms with Crippen LogP contribution < -0.4 is 0 Å². The number of benzene rings is 1. The van der Waals surface area contributed by atoms with Gasteiger partial charge in [0, 0.05) is 6.61 Å². The molecule has 1 unspecified atom stereocenters. The molecule has 1 rings (SSSR count). The van der Waals surface area contributed by atoms with Gasteiger partial charge >= 0.3 is 0 Å². The number of phenolic OH excluding ortho intramolecular Hbond substituents is 1. The Morgan fingerprint density at radius 3 is 2.28 bits per heavy atom. The molecule has 1 aromatic rings. The fourth-order valence-corrected chi connectivity index (χ4v) is 2.26. The van der Waals surface area contributed by atoms with E-state index in [1.807, 2.05) is 12.1 Å². The molecule has 0 amide bonds. The van der Waals surface area contributed by atoms with Crippen molar-refractivity contribution in [2.75, 3.05) is 6.61 Å². The topological polar surface area (TPSA) is 40.5 Å². The summed E-state index contributed by atoms with van der Waals surface area (Å²) >= 11 is 0. The first-order valence-corrected chi connectivity index (χ1v) is 7.15. The molecule has 2 nitrogen and oxygen atoms in total. The van der Waals surface area contributed by atoms with Crippen molar-refractivity contribution in [2.45, 2.75) is 51.9 Å². The second-order valence-electron chi connectivity index (χ2n) is 5.12. The van der Waals surface area contributed by atoms with Gasteiger partial charge in [-0.15, -0.1) is 0 Å². The summed E-state index contributed by atoms with van der Waals surface area (Å²) in [4.78, 5) is 0. The number of unbranched alkanes of at least 4 members (excludes halogenated alkanes) is 4. The first-order chi connectivity index (χ1) is 8.76. The van der Waals surface area contributed by atoms with Crippen LogP contribution in [0, 0.1) is 5.92 Å². The maximum Gasteiger partial charge on any atom is 0.115 e. The predicted octanol–water partition coefficient (Wildman–Crippen LogP) is 3.90. The Hall–Kier alpha value is -1.02. The Morgan fingerprint density at radius 1 is 1.00 bits per heavy atom. The van der Waals surface area contributed by atoms with Gasteiger partial charge in [0.05, 0.1) is 0 Å². The van der Waals surface area contributed by atoms with Crippen LogP contribution in [0.4, 0.5) is 0 Å². The minimum Gasteiger partial charge on any atom is -0.508 e. The molecule has 18 heavy (non-hydrogen) atoms. The second-order valence-corrected chi connectivity index (χ2v) is 5.12. The van der Waals surface area contributed by atoms with Crippen LogP contribution in [-0.4, -0.2) is 16.8 Å². The Labute approximate surface area is 111 Å². The number of rotatable bonds is 9. The van der Waals surface area contributed by atoms with Crippen molar-refractivity contribution in [3.05, 3.63) is 29.8 Å². The van der Waals surface area contributed by atoms with Crippen LogP contribution in [0.5, 0.6) is 5.75 Å². The van der Waals surface area contributed by atoms with E-state index in [-0.39, 0.29) is 6.61 Å².